The molecule has 2 atom stereocenters. The first-order valence-electron chi connectivity index (χ1n) is 4.59. The van der Waals surface area contributed by atoms with Crippen molar-refractivity contribution in [3.05, 3.63) is 0 Å². The number of methoxy groups -OCH3 is 2. The van der Waals surface area contributed by atoms with Gasteiger partial charge in [-0.3, -0.25) is 0 Å². The van der Waals surface area contributed by atoms with Crippen LogP contribution in [-0.2, 0) is 9.47 Å². The zero-order valence-corrected chi connectivity index (χ0v) is 8.56. The van der Waals surface area contributed by atoms with E-state index in [1.807, 2.05) is 6.92 Å². The second kappa shape index (κ2) is 7.26. The summed E-state index contributed by atoms with van der Waals surface area (Å²) in [6.07, 6.45) is -0.0357. The van der Waals surface area contributed by atoms with Gasteiger partial charge in [-0.2, -0.15) is 0 Å². The quantitative estimate of drug-likeness (QED) is 0.577. The Morgan fingerprint density at radius 1 is 1.15 bits per heavy atom. The van der Waals surface area contributed by atoms with Gasteiger partial charge in [0, 0.05) is 14.2 Å². The third-order valence-corrected chi connectivity index (χ3v) is 1.99. The summed E-state index contributed by atoms with van der Waals surface area (Å²) in [5.41, 5.74) is 0. The van der Waals surface area contributed by atoms with Gasteiger partial charge in [-0.05, 0) is 6.42 Å². The van der Waals surface area contributed by atoms with Crippen LogP contribution in [0.3, 0.4) is 0 Å². The fraction of sp³-hybridized carbons (Fsp3) is 1.00. The van der Waals surface area contributed by atoms with Crippen LogP contribution in [0.4, 0.5) is 0 Å². The highest BCUT2D eigenvalue weighted by molar-refractivity contribution is 4.70. The Bertz CT molecular complexity index is 114. The molecular weight excluding hydrogens is 172 g/mol. The Balaban J connectivity index is 3.83. The van der Waals surface area contributed by atoms with Crippen molar-refractivity contribution in [2.75, 3.05) is 14.2 Å². The molecule has 80 valence electrons. The van der Waals surface area contributed by atoms with Crippen molar-refractivity contribution in [2.45, 2.75) is 44.7 Å². The average molecular weight is 192 g/mol. The van der Waals surface area contributed by atoms with Gasteiger partial charge in [-0.25, -0.2) is 0 Å². The van der Waals surface area contributed by atoms with Crippen LogP contribution in [-0.4, -0.2) is 42.9 Å². The van der Waals surface area contributed by atoms with Gasteiger partial charge in [0.25, 0.3) is 0 Å². The highest BCUT2D eigenvalue weighted by Crippen LogP contribution is 2.10. The van der Waals surface area contributed by atoms with E-state index < -0.39 is 18.5 Å². The number of ether oxygens (including phenoxy) is 2. The lowest BCUT2D eigenvalue weighted by atomic mass is 10.1. The summed E-state index contributed by atoms with van der Waals surface area (Å²) >= 11 is 0. The van der Waals surface area contributed by atoms with E-state index >= 15 is 0 Å². The SMILES string of the molecule is CCCC[C@@H](O)[C@@H](O)C(OC)OC. The van der Waals surface area contributed by atoms with Gasteiger partial charge in [0.15, 0.2) is 6.29 Å². The van der Waals surface area contributed by atoms with Gasteiger partial charge in [-0.15, -0.1) is 0 Å². The molecule has 0 rings (SSSR count). The lowest BCUT2D eigenvalue weighted by Gasteiger charge is -2.24. The third kappa shape index (κ3) is 4.57. The molecule has 0 aromatic heterocycles. The summed E-state index contributed by atoms with van der Waals surface area (Å²) in [6.45, 7) is 2.03. The van der Waals surface area contributed by atoms with Crippen LogP contribution in [0.25, 0.3) is 0 Å². The standard InChI is InChI=1S/C9H20O4/c1-4-5-6-7(10)8(11)9(12-2)13-3/h7-11H,4-6H2,1-3H3/t7-,8-/m1/s1. The fourth-order valence-electron chi connectivity index (χ4n) is 1.14. The summed E-state index contributed by atoms with van der Waals surface area (Å²) in [5.74, 6) is 0. The fourth-order valence-corrected chi connectivity index (χ4v) is 1.14. The van der Waals surface area contributed by atoms with Crippen LogP contribution < -0.4 is 0 Å². The molecule has 4 nitrogen and oxygen atoms in total. The molecule has 0 saturated heterocycles. The van der Waals surface area contributed by atoms with E-state index in [4.69, 9.17) is 9.47 Å². The number of hydrogen-bond acceptors (Lipinski definition) is 4. The maximum Gasteiger partial charge on any atom is 0.185 e. The first kappa shape index (κ1) is 12.8. The molecule has 0 aromatic carbocycles. The van der Waals surface area contributed by atoms with Crippen LogP contribution >= 0.6 is 0 Å². The van der Waals surface area contributed by atoms with Gasteiger partial charge < -0.3 is 19.7 Å². The van der Waals surface area contributed by atoms with E-state index in [-0.39, 0.29) is 0 Å². The summed E-state index contributed by atoms with van der Waals surface area (Å²) < 4.78 is 9.66. The second-order valence-corrected chi connectivity index (χ2v) is 3.04. The largest absolute Gasteiger partial charge is 0.390 e. The Morgan fingerprint density at radius 2 is 1.69 bits per heavy atom. The van der Waals surface area contributed by atoms with E-state index in [2.05, 4.69) is 0 Å². The van der Waals surface area contributed by atoms with Crippen LogP contribution in [0.2, 0.25) is 0 Å². The van der Waals surface area contributed by atoms with Gasteiger partial charge in [-0.1, -0.05) is 19.8 Å². The van der Waals surface area contributed by atoms with Gasteiger partial charge in [0.2, 0.25) is 0 Å². The molecule has 0 heterocycles. The Hall–Kier alpha value is -0.160. The lowest BCUT2D eigenvalue weighted by molar-refractivity contribution is -0.191. The monoisotopic (exact) mass is 192 g/mol. The summed E-state index contributed by atoms with van der Waals surface area (Å²) in [5, 5.41) is 19.0. The van der Waals surface area contributed by atoms with Crippen molar-refractivity contribution in [3.8, 4) is 0 Å². The molecular formula is C9H20O4. The van der Waals surface area contributed by atoms with E-state index in [1.165, 1.54) is 14.2 Å². The number of rotatable bonds is 7. The average Bonchev–Trinajstić information content (AvgIpc) is 2.15. The van der Waals surface area contributed by atoms with Crippen molar-refractivity contribution >= 4 is 0 Å². The molecule has 0 aliphatic carbocycles. The Morgan fingerprint density at radius 3 is 2.08 bits per heavy atom. The Labute approximate surface area is 79.5 Å². The van der Waals surface area contributed by atoms with Crippen molar-refractivity contribution in [1.29, 1.82) is 0 Å². The predicted molar refractivity (Wildman–Crippen MR) is 49.3 cm³/mol. The molecule has 0 fully saturated rings. The molecule has 0 amide bonds. The molecule has 0 bridgehead atoms. The normalized spacial score (nSPS) is 16.2. The van der Waals surface area contributed by atoms with Gasteiger partial charge in [0.05, 0.1) is 6.10 Å². The summed E-state index contributed by atoms with van der Waals surface area (Å²) in [4.78, 5) is 0. The highest BCUT2D eigenvalue weighted by atomic mass is 16.7. The van der Waals surface area contributed by atoms with E-state index in [9.17, 15) is 10.2 Å². The molecule has 0 aliphatic heterocycles. The second-order valence-electron chi connectivity index (χ2n) is 3.04. The minimum Gasteiger partial charge on any atom is -0.390 e. The van der Waals surface area contributed by atoms with E-state index in [1.54, 1.807) is 0 Å². The molecule has 4 heteroatoms. The van der Waals surface area contributed by atoms with Gasteiger partial charge in [0.1, 0.15) is 6.10 Å². The summed E-state index contributed by atoms with van der Waals surface area (Å²) in [6, 6.07) is 0. The smallest absolute Gasteiger partial charge is 0.185 e. The third-order valence-electron chi connectivity index (χ3n) is 1.99. The molecule has 0 spiro atoms. The maximum atomic E-state index is 9.50. The Kier molecular flexibility index (Phi) is 7.17. The maximum absolute atomic E-state index is 9.50. The minimum atomic E-state index is -0.971. The molecule has 0 saturated carbocycles. The van der Waals surface area contributed by atoms with Crippen LogP contribution in [0.5, 0.6) is 0 Å². The molecule has 13 heavy (non-hydrogen) atoms. The van der Waals surface area contributed by atoms with E-state index in [0.29, 0.717) is 6.42 Å². The first-order chi connectivity index (χ1) is 6.17. The molecule has 0 aliphatic rings. The molecule has 0 aromatic rings. The predicted octanol–water partition coefficient (Wildman–Crippen LogP) is 0.517. The van der Waals surface area contributed by atoms with E-state index in [0.717, 1.165) is 12.8 Å². The van der Waals surface area contributed by atoms with Crippen LogP contribution in [0.15, 0.2) is 0 Å². The number of unbranched alkanes of at least 4 members (excludes halogenated alkanes) is 1. The van der Waals surface area contributed by atoms with Crippen molar-refractivity contribution < 1.29 is 19.7 Å². The molecule has 0 unspecified atom stereocenters. The van der Waals surface area contributed by atoms with Gasteiger partial charge >= 0.3 is 0 Å². The van der Waals surface area contributed by atoms with Crippen molar-refractivity contribution in [2.24, 2.45) is 0 Å². The highest BCUT2D eigenvalue weighted by Gasteiger charge is 2.25. The molecule has 2 N–H and O–H groups in total. The van der Waals surface area contributed by atoms with Crippen LogP contribution in [0, 0.1) is 0 Å². The first-order valence-corrected chi connectivity index (χ1v) is 4.59. The topological polar surface area (TPSA) is 58.9 Å². The zero-order valence-electron chi connectivity index (χ0n) is 8.56. The van der Waals surface area contributed by atoms with Crippen molar-refractivity contribution in [1.82, 2.24) is 0 Å². The lowest BCUT2D eigenvalue weighted by Crippen LogP contribution is -2.39. The summed E-state index contributed by atoms with van der Waals surface area (Å²) in [7, 11) is 2.87. The zero-order chi connectivity index (χ0) is 10.3. The number of aliphatic hydroxyl groups excluding tert-OH is 2. The van der Waals surface area contributed by atoms with Crippen LogP contribution in [0.1, 0.15) is 26.2 Å². The number of hydrogen-bond donors (Lipinski definition) is 2. The number of aliphatic hydroxyl groups is 2. The molecule has 0 radical (unpaired) electrons. The minimum absolute atomic E-state index is 0.570. The van der Waals surface area contributed by atoms with Crippen molar-refractivity contribution in [3.63, 3.8) is 0 Å².